The van der Waals surface area contributed by atoms with Gasteiger partial charge in [0.05, 0.1) is 16.8 Å². The van der Waals surface area contributed by atoms with Gasteiger partial charge in [0, 0.05) is 7.05 Å². The normalized spacial score (nSPS) is 12.1. The van der Waals surface area contributed by atoms with Gasteiger partial charge in [0.25, 0.3) is 0 Å². The van der Waals surface area contributed by atoms with Gasteiger partial charge in [-0.05, 0) is 42.5 Å². The first-order valence-electron chi connectivity index (χ1n) is 10.6. The largest absolute Gasteiger partial charge is 0.484 e. The first kappa shape index (κ1) is 24.1. The van der Waals surface area contributed by atoms with Gasteiger partial charge in [0.2, 0.25) is 5.91 Å². The van der Waals surface area contributed by atoms with E-state index >= 15 is 0 Å². The van der Waals surface area contributed by atoms with Crippen molar-refractivity contribution >= 4 is 29.3 Å². The molecule has 8 heteroatoms. The van der Waals surface area contributed by atoms with Crippen molar-refractivity contribution in [3.63, 3.8) is 0 Å². The van der Waals surface area contributed by atoms with Crippen molar-refractivity contribution in [2.45, 2.75) is 45.0 Å². The number of ether oxygens (including phenoxy) is 1. The van der Waals surface area contributed by atoms with Gasteiger partial charge in [0.15, 0.2) is 11.0 Å². The SMILES string of the molecule is CC(C)Cc1ccc(C(C)NC(=O)CSc2nnc(COc3ccccc3Cl)n2C)cc1. The molecule has 6 nitrogen and oxygen atoms in total. The number of nitrogens with zero attached hydrogens (tertiary/aromatic N) is 3. The molecule has 3 rings (SSSR count). The highest BCUT2D eigenvalue weighted by atomic mass is 35.5. The van der Waals surface area contributed by atoms with Gasteiger partial charge in [-0.2, -0.15) is 0 Å². The summed E-state index contributed by atoms with van der Waals surface area (Å²) in [5.41, 5.74) is 2.41. The van der Waals surface area contributed by atoms with E-state index in [1.807, 2.05) is 30.7 Å². The zero-order valence-electron chi connectivity index (χ0n) is 18.8. The van der Waals surface area contributed by atoms with Crippen LogP contribution in [0.3, 0.4) is 0 Å². The highest BCUT2D eigenvalue weighted by Crippen LogP contribution is 2.24. The van der Waals surface area contributed by atoms with Gasteiger partial charge in [0.1, 0.15) is 12.4 Å². The summed E-state index contributed by atoms with van der Waals surface area (Å²) in [5.74, 6) is 2.08. The Labute approximate surface area is 198 Å². The van der Waals surface area contributed by atoms with Crippen LogP contribution in [0.25, 0.3) is 0 Å². The van der Waals surface area contributed by atoms with Gasteiger partial charge in [-0.1, -0.05) is 73.6 Å². The molecule has 1 unspecified atom stereocenters. The molecule has 1 N–H and O–H groups in total. The molecular formula is C24H29ClN4O2S. The first-order valence-corrected chi connectivity index (χ1v) is 12.0. The Bertz CT molecular complexity index is 1040. The standard InChI is InChI=1S/C24H29ClN4O2S/c1-16(2)13-18-9-11-19(12-10-18)17(3)26-23(30)15-32-24-28-27-22(29(24)4)14-31-21-8-6-5-7-20(21)25/h5-12,16-17H,13-15H2,1-4H3,(H,26,30). The third-order valence-corrected chi connectivity index (χ3v) is 6.28. The second kappa shape index (κ2) is 11.4. The van der Waals surface area contributed by atoms with Crippen LogP contribution >= 0.6 is 23.4 Å². The van der Waals surface area contributed by atoms with E-state index < -0.39 is 0 Å². The van der Waals surface area contributed by atoms with Crippen molar-refractivity contribution in [3.8, 4) is 5.75 Å². The van der Waals surface area contributed by atoms with Crippen LogP contribution in [0, 0.1) is 5.92 Å². The fourth-order valence-electron chi connectivity index (χ4n) is 3.21. The first-order chi connectivity index (χ1) is 15.3. The number of nitrogens with one attached hydrogen (secondary N) is 1. The van der Waals surface area contributed by atoms with E-state index in [2.05, 4.69) is 53.6 Å². The van der Waals surface area contributed by atoms with E-state index in [9.17, 15) is 4.79 Å². The van der Waals surface area contributed by atoms with Crippen LogP contribution in [0.5, 0.6) is 5.75 Å². The fourth-order valence-corrected chi connectivity index (χ4v) is 4.14. The average molecular weight is 473 g/mol. The zero-order chi connectivity index (χ0) is 23.1. The van der Waals surface area contributed by atoms with Gasteiger partial charge < -0.3 is 14.6 Å². The zero-order valence-corrected chi connectivity index (χ0v) is 20.4. The predicted molar refractivity (Wildman–Crippen MR) is 129 cm³/mol. The topological polar surface area (TPSA) is 69.0 Å². The minimum atomic E-state index is -0.0599. The molecule has 0 aliphatic rings. The number of thioether (sulfide) groups is 1. The smallest absolute Gasteiger partial charge is 0.230 e. The highest BCUT2D eigenvalue weighted by Gasteiger charge is 2.14. The predicted octanol–water partition coefficient (Wildman–Crippen LogP) is 5.22. The Morgan fingerprint density at radius 2 is 1.84 bits per heavy atom. The van der Waals surface area contributed by atoms with E-state index in [-0.39, 0.29) is 24.3 Å². The van der Waals surface area contributed by atoms with Crippen LogP contribution in [0.15, 0.2) is 53.7 Å². The summed E-state index contributed by atoms with van der Waals surface area (Å²) in [7, 11) is 1.85. The Balaban J connectivity index is 1.49. The van der Waals surface area contributed by atoms with Crippen molar-refractivity contribution < 1.29 is 9.53 Å². The number of halogens is 1. The van der Waals surface area contributed by atoms with Gasteiger partial charge in [-0.15, -0.1) is 10.2 Å². The van der Waals surface area contributed by atoms with Gasteiger partial charge in [-0.3, -0.25) is 4.79 Å². The van der Waals surface area contributed by atoms with Crippen LogP contribution in [-0.2, 0) is 24.9 Å². The van der Waals surface area contributed by atoms with E-state index in [4.69, 9.17) is 16.3 Å². The summed E-state index contributed by atoms with van der Waals surface area (Å²) in [5, 5.41) is 12.6. The summed E-state index contributed by atoms with van der Waals surface area (Å²) in [6.07, 6.45) is 1.06. The number of hydrogen-bond donors (Lipinski definition) is 1. The van der Waals surface area contributed by atoms with E-state index in [1.54, 1.807) is 12.1 Å². The van der Waals surface area contributed by atoms with Gasteiger partial charge in [-0.25, -0.2) is 0 Å². The number of amides is 1. The molecule has 0 spiro atoms. The maximum Gasteiger partial charge on any atom is 0.230 e. The lowest BCUT2D eigenvalue weighted by Crippen LogP contribution is -2.28. The molecule has 1 amide bonds. The molecule has 170 valence electrons. The fraction of sp³-hybridized carbons (Fsp3) is 0.375. The second-order valence-corrected chi connectivity index (χ2v) is 9.44. The molecule has 2 aromatic carbocycles. The maximum absolute atomic E-state index is 12.5. The molecule has 3 aromatic rings. The number of carbonyl (C=O) groups is 1. The van der Waals surface area contributed by atoms with E-state index in [0.717, 1.165) is 12.0 Å². The molecule has 1 heterocycles. The Kier molecular flexibility index (Phi) is 8.59. The lowest BCUT2D eigenvalue weighted by Gasteiger charge is -2.15. The minimum absolute atomic E-state index is 0.0503. The number of hydrogen-bond acceptors (Lipinski definition) is 5. The highest BCUT2D eigenvalue weighted by molar-refractivity contribution is 7.99. The summed E-state index contributed by atoms with van der Waals surface area (Å²) >= 11 is 7.46. The molecule has 0 fully saturated rings. The van der Waals surface area contributed by atoms with Crippen LogP contribution in [-0.4, -0.2) is 26.4 Å². The van der Waals surface area contributed by atoms with Crippen LogP contribution in [0.4, 0.5) is 0 Å². The molecule has 32 heavy (non-hydrogen) atoms. The Hall–Kier alpha value is -2.51. The van der Waals surface area contributed by atoms with Crippen molar-refractivity contribution in [1.29, 1.82) is 0 Å². The number of benzene rings is 2. The molecule has 0 saturated carbocycles. The Morgan fingerprint density at radius 1 is 1.12 bits per heavy atom. The Morgan fingerprint density at radius 3 is 2.53 bits per heavy atom. The number of rotatable bonds is 10. The second-order valence-electron chi connectivity index (χ2n) is 8.09. The monoisotopic (exact) mass is 472 g/mol. The third kappa shape index (κ3) is 6.74. The molecular weight excluding hydrogens is 444 g/mol. The van der Waals surface area contributed by atoms with Gasteiger partial charge >= 0.3 is 0 Å². The molecule has 0 aliphatic carbocycles. The molecule has 0 bridgehead atoms. The molecule has 0 aliphatic heterocycles. The third-order valence-electron chi connectivity index (χ3n) is 4.95. The van der Waals surface area contributed by atoms with Crippen molar-refractivity contribution in [2.24, 2.45) is 13.0 Å². The number of aromatic nitrogens is 3. The molecule has 1 atom stereocenters. The lowest BCUT2D eigenvalue weighted by molar-refractivity contribution is -0.119. The van der Waals surface area contributed by atoms with Crippen LogP contribution in [0.1, 0.15) is 43.8 Å². The summed E-state index contributed by atoms with van der Waals surface area (Å²) in [4.78, 5) is 12.5. The van der Waals surface area contributed by atoms with Crippen molar-refractivity contribution in [1.82, 2.24) is 20.1 Å². The molecule has 1 aromatic heterocycles. The van der Waals surface area contributed by atoms with Crippen LogP contribution < -0.4 is 10.1 Å². The molecule has 0 saturated heterocycles. The molecule has 0 radical (unpaired) electrons. The summed E-state index contributed by atoms with van der Waals surface area (Å²) in [6, 6.07) is 15.7. The average Bonchev–Trinajstić information content (AvgIpc) is 3.11. The van der Waals surface area contributed by atoms with Crippen molar-refractivity contribution in [3.05, 3.63) is 70.5 Å². The number of carbonyl (C=O) groups excluding carboxylic acids is 1. The van der Waals surface area contributed by atoms with Crippen LogP contribution in [0.2, 0.25) is 5.02 Å². The maximum atomic E-state index is 12.5. The summed E-state index contributed by atoms with van der Waals surface area (Å²) < 4.78 is 7.55. The summed E-state index contributed by atoms with van der Waals surface area (Å²) in [6.45, 7) is 6.65. The lowest BCUT2D eigenvalue weighted by atomic mass is 10.00. The number of para-hydroxylation sites is 1. The van der Waals surface area contributed by atoms with E-state index in [0.29, 0.717) is 27.7 Å². The quantitative estimate of drug-likeness (QED) is 0.410. The van der Waals surface area contributed by atoms with E-state index in [1.165, 1.54) is 17.3 Å². The van der Waals surface area contributed by atoms with Crippen molar-refractivity contribution in [2.75, 3.05) is 5.75 Å². The minimum Gasteiger partial charge on any atom is -0.484 e.